The van der Waals surface area contributed by atoms with Gasteiger partial charge in [0, 0.05) is 0 Å². The van der Waals surface area contributed by atoms with Gasteiger partial charge in [-0.1, -0.05) is 91.0 Å². The number of hydrogen-bond acceptors (Lipinski definition) is 2. The Morgan fingerprint density at radius 3 is 1.62 bits per heavy atom. The molecule has 0 saturated heterocycles. The fourth-order valence-corrected chi connectivity index (χ4v) is 7.82. The largest absolute Gasteiger partial charge is 0.288 e. The number of nitriles is 1. The van der Waals surface area contributed by atoms with E-state index < -0.39 is 6.89 Å². The molecule has 1 aliphatic heterocycles. The van der Waals surface area contributed by atoms with Crippen LogP contribution in [0.2, 0.25) is 0 Å². The summed E-state index contributed by atoms with van der Waals surface area (Å²) in [7, 11) is 0. The van der Waals surface area contributed by atoms with Crippen LogP contribution in [0.3, 0.4) is 0 Å². The molecule has 3 heteroatoms. The maximum Gasteiger partial charge on any atom is 0.198 e. The van der Waals surface area contributed by atoms with E-state index in [0.717, 1.165) is 21.5 Å². The molecule has 26 heavy (non-hydrogen) atoms. The first-order valence-corrected chi connectivity index (χ1v) is 10.2. The molecule has 2 nitrogen and oxygen atoms in total. The number of ketones is 1. The highest BCUT2D eigenvalue weighted by Gasteiger charge is 2.39. The lowest BCUT2D eigenvalue weighted by Crippen LogP contribution is -2.22. The Balaban J connectivity index is 2.18. The van der Waals surface area contributed by atoms with E-state index >= 15 is 0 Å². The summed E-state index contributed by atoms with van der Waals surface area (Å²) in [6.07, 6.45) is 1.67. The van der Waals surface area contributed by atoms with E-state index in [1.165, 1.54) is 0 Å². The monoisotopic (exact) mass is 353 g/mol. The predicted molar refractivity (Wildman–Crippen MR) is 109 cm³/mol. The van der Waals surface area contributed by atoms with Gasteiger partial charge in [0.15, 0.2) is 5.78 Å². The van der Waals surface area contributed by atoms with Gasteiger partial charge in [-0.15, -0.1) is 0 Å². The Morgan fingerprint density at radius 2 is 1.15 bits per heavy atom. The summed E-state index contributed by atoms with van der Waals surface area (Å²) < 4.78 is 0. The van der Waals surface area contributed by atoms with Crippen LogP contribution in [0.25, 0.3) is 5.31 Å². The molecule has 1 aliphatic rings. The number of nitrogens with zero attached hydrogens (tertiary/aromatic N) is 1. The van der Waals surface area contributed by atoms with Gasteiger partial charge in [0.2, 0.25) is 0 Å². The van der Waals surface area contributed by atoms with Gasteiger partial charge in [0.05, 0.1) is 0 Å². The van der Waals surface area contributed by atoms with Crippen LogP contribution in [0.1, 0.15) is 5.56 Å². The maximum atomic E-state index is 12.8. The molecule has 3 aromatic rings. The fraction of sp³-hybridized carbons (Fsp3) is 0. The summed E-state index contributed by atoms with van der Waals surface area (Å²) in [5.74, 6) is -0.174. The first-order valence-electron chi connectivity index (χ1n) is 8.38. The third-order valence-corrected chi connectivity index (χ3v) is 8.91. The molecule has 124 valence electrons. The SMILES string of the molecule is N#CC1=P(c2ccccc2)(c2ccccc2)C(c2ccccc2)=CC1=O. The Labute approximate surface area is 153 Å². The van der Waals surface area contributed by atoms with E-state index in [2.05, 4.69) is 6.07 Å². The van der Waals surface area contributed by atoms with Gasteiger partial charge in [-0.2, -0.15) is 5.26 Å². The fourth-order valence-electron chi connectivity index (χ4n) is 3.58. The molecule has 0 amide bonds. The second kappa shape index (κ2) is 6.64. The van der Waals surface area contributed by atoms with Gasteiger partial charge < -0.3 is 0 Å². The summed E-state index contributed by atoms with van der Waals surface area (Å²) >= 11 is 0. The molecule has 0 saturated carbocycles. The second-order valence-corrected chi connectivity index (χ2v) is 9.37. The number of allylic oxidation sites excluding steroid dienone is 1. The predicted octanol–water partition coefficient (Wildman–Crippen LogP) is 3.97. The lowest BCUT2D eigenvalue weighted by Gasteiger charge is -2.28. The van der Waals surface area contributed by atoms with Crippen molar-refractivity contribution in [2.75, 3.05) is 0 Å². The Hall–Kier alpha value is -3.14. The van der Waals surface area contributed by atoms with Crippen LogP contribution >= 0.6 is 6.89 Å². The van der Waals surface area contributed by atoms with Crippen LogP contribution < -0.4 is 10.6 Å². The van der Waals surface area contributed by atoms with Crippen molar-refractivity contribution in [3.8, 4) is 6.07 Å². The molecule has 4 rings (SSSR count). The molecule has 0 atom stereocenters. The van der Waals surface area contributed by atoms with Crippen LogP contribution in [-0.4, -0.2) is 11.1 Å². The molecule has 0 spiro atoms. The minimum atomic E-state index is -2.48. The van der Waals surface area contributed by atoms with Crippen molar-refractivity contribution in [1.82, 2.24) is 0 Å². The van der Waals surface area contributed by atoms with Gasteiger partial charge >= 0.3 is 0 Å². The summed E-state index contributed by atoms with van der Waals surface area (Å²) in [5, 5.41) is 13.3. The highest BCUT2D eigenvalue weighted by Crippen LogP contribution is 2.61. The number of hydrogen-bond donors (Lipinski definition) is 0. The zero-order valence-electron chi connectivity index (χ0n) is 14.0. The number of carbonyl (C=O) groups excluding carboxylic acids is 1. The number of rotatable bonds is 3. The van der Waals surface area contributed by atoms with E-state index in [4.69, 9.17) is 0 Å². The highest BCUT2D eigenvalue weighted by atomic mass is 31.2. The average Bonchev–Trinajstić information content (AvgIpc) is 3.03. The molecule has 0 radical (unpaired) electrons. The molecule has 0 unspecified atom stereocenters. The van der Waals surface area contributed by atoms with Crippen LogP contribution in [-0.2, 0) is 4.79 Å². The zero-order chi connectivity index (χ0) is 18.0. The van der Waals surface area contributed by atoms with Gasteiger partial charge in [-0.3, -0.25) is 4.79 Å². The minimum Gasteiger partial charge on any atom is -0.288 e. The van der Waals surface area contributed by atoms with Crippen LogP contribution in [0.4, 0.5) is 0 Å². The minimum absolute atomic E-state index is 0.174. The van der Waals surface area contributed by atoms with Crippen LogP contribution in [0.5, 0.6) is 0 Å². The standard InChI is InChI=1S/C23H16NOP/c24-17-23-21(25)16-22(18-10-4-1-5-11-18)26(23,19-12-6-2-7-13-19)20-14-8-3-9-15-20/h1-16H. The third kappa shape index (κ3) is 2.37. The summed E-state index contributed by atoms with van der Waals surface area (Å²) in [4.78, 5) is 12.8. The molecule has 0 fully saturated rings. The van der Waals surface area contributed by atoms with Gasteiger partial charge in [-0.05, 0) is 34.4 Å². The van der Waals surface area contributed by atoms with E-state index in [9.17, 15) is 10.1 Å². The van der Waals surface area contributed by atoms with Crippen LogP contribution in [0.15, 0.2) is 97.1 Å². The molecular weight excluding hydrogens is 337 g/mol. The first kappa shape index (κ1) is 16.3. The summed E-state index contributed by atoms with van der Waals surface area (Å²) in [5.41, 5.74) is 0.993. The van der Waals surface area contributed by atoms with E-state index in [-0.39, 0.29) is 5.78 Å². The van der Waals surface area contributed by atoms with Crippen molar-refractivity contribution >= 4 is 33.9 Å². The molecule has 0 bridgehead atoms. The highest BCUT2D eigenvalue weighted by molar-refractivity contribution is 7.99. The van der Waals surface area contributed by atoms with Gasteiger partial charge in [-0.25, -0.2) is 0 Å². The van der Waals surface area contributed by atoms with Crippen LogP contribution in [0, 0.1) is 11.3 Å². The quantitative estimate of drug-likeness (QED) is 0.669. The Morgan fingerprint density at radius 1 is 0.692 bits per heavy atom. The number of carbonyl (C=O) groups is 1. The van der Waals surface area contributed by atoms with Gasteiger partial charge in [0.1, 0.15) is 11.4 Å². The van der Waals surface area contributed by atoms with Crippen molar-refractivity contribution in [3.63, 3.8) is 0 Å². The van der Waals surface area contributed by atoms with Crippen molar-refractivity contribution in [3.05, 3.63) is 103 Å². The molecule has 0 aromatic heterocycles. The lowest BCUT2D eigenvalue weighted by atomic mass is 10.2. The smallest absolute Gasteiger partial charge is 0.198 e. The molecule has 0 aliphatic carbocycles. The van der Waals surface area contributed by atoms with E-state index in [1.807, 2.05) is 91.0 Å². The second-order valence-electron chi connectivity index (χ2n) is 6.06. The molecule has 3 aromatic carbocycles. The third-order valence-electron chi connectivity index (χ3n) is 4.66. The Kier molecular flexibility index (Phi) is 4.17. The normalized spacial score (nSPS) is 15.4. The Bertz CT molecular complexity index is 1050. The average molecular weight is 353 g/mol. The summed E-state index contributed by atoms with van der Waals surface area (Å²) in [6, 6.07) is 32.1. The molecule has 0 N–H and O–H groups in total. The maximum absolute atomic E-state index is 12.8. The van der Waals surface area contributed by atoms with E-state index in [0.29, 0.717) is 5.29 Å². The van der Waals surface area contributed by atoms with Crippen molar-refractivity contribution in [2.45, 2.75) is 0 Å². The van der Waals surface area contributed by atoms with Crippen molar-refractivity contribution in [1.29, 1.82) is 5.26 Å². The van der Waals surface area contributed by atoms with Crippen molar-refractivity contribution in [2.24, 2.45) is 0 Å². The van der Waals surface area contributed by atoms with Gasteiger partial charge in [0.25, 0.3) is 0 Å². The number of benzene rings is 3. The zero-order valence-corrected chi connectivity index (χ0v) is 14.9. The lowest BCUT2D eigenvalue weighted by molar-refractivity contribution is -0.108. The van der Waals surface area contributed by atoms with Crippen molar-refractivity contribution < 1.29 is 4.79 Å². The molecule has 1 heterocycles. The first-order chi connectivity index (χ1) is 12.8. The topological polar surface area (TPSA) is 40.9 Å². The molecular formula is C23H16NOP. The summed E-state index contributed by atoms with van der Waals surface area (Å²) in [6.45, 7) is -2.48. The van der Waals surface area contributed by atoms with E-state index in [1.54, 1.807) is 6.08 Å².